The molecule has 0 saturated heterocycles. The highest BCUT2D eigenvalue weighted by Crippen LogP contribution is 2.49. The van der Waals surface area contributed by atoms with Crippen molar-refractivity contribution in [3.8, 4) is 0 Å². The van der Waals surface area contributed by atoms with E-state index >= 15 is 0 Å². The summed E-state index contributed by atoms with van der Waals surface area (Å²) in [5, 5.41) is 0. The summed E-state index contributed by atoms with van der Waals surface area (Å²) in [6, 6.07) is 10.8. The van der Waals surface area contributed by atoms with E-state index in [0.717, 1.165) is 5.56 Å². The van der Waals surface area contributed by atoms with Gasteiger partial charge in [-0.15, -0.1) is 0 Å². The van der Waals surface area contributed by atoms with Crippen molar-refractivity contribution >= 4 is 0 Å². The SMILES string of the molecule is CC(OCC1(c2ccccc2)CC(N)(CN)C1)c1cc(C(F)(F)F)cc(C(F)(F)F)c1. The van der Waals surface area contributed by atoms with Crippen LogP contribution in [0.1, 0.15) is 48.1 Å². The number of rotatable bonds is 6. The molecule has 3 nitrogen and oxygen atoms in total. The summed E-state index contributed by atoms with van der Waals surface area (Å²) in [5.41, 5.74) is 8.93. The van der Waals surface area contributed by atoms with E-state index in [1.165, 1.54) is 6.92 Å². The number of halogens is 6. The van der Waals surface area contributed by atoms with Gasteiger partial charge in [-0.2, -0.15) is 26.3 Å². The zero-order valence-electron chi connectivity index (χ0n) is 16.9. The molecule has 3 rings (SSSR count). The summed E-state index contributed by atoms with van der Waals surface area (Å²) < 4.78 is 84.7. The Kier molecular flexibility index (Phi) is 6.16. The predicted octanol–water partition coefficient (Wildman–Crippen LogP) is 5.19. The highest BCUT2D eigenvalue weighted by molar-refractivity contribution is 5.35. The largest absolute Gasteiger partial charge is 0.416 e. The maximum atomic E-state index is 13.2. The molecule has 0 amide bonds. The zero-order valence-corrected chi connectivity index (χ0v) is 16.9. The van der Waals surface area contributed by atoms with Gasteiger partial charge in [0, 0.05) is 17.5 Å². The summed E-state index contributed by atoms with van der Waals surface area (Å²) >= 11 is 0. The smallest absolute Gasteiger partial charge is 0.373 e. The van der Waals surface area contributed by atoms with Gasteiger partial charge < -0.3 is 16.2 Å². The lowest BCUT2D eigenvalue weighted by Gasteiger charge is -2.54. The standard InChI is InChI=1S/C22H24F6N2O/c1-14(15-7-17(21(23,24)25)9-18(8-15)22(26,27)28)31-13-19(10-20(30,11-19)12-29)16-5-3-2-4-6-16/h2-9,14H,10-13,29-30H2,1H3. The molecule has 0 bridgehead atoms. The number of benzene rings is 2. The van der Waals surface area contributed by atoms with Crippen molar-refractivity contribution in [3.05, 3.63) is 70.8 Å². The molecule has 0 spiro atoms. The Balaban J connectivity index is 1.86. The molecular formula is C22H24F6N2O. The van der Waals surface area contributed by atoms with Crippen LogP contribution in [-0.4, -0.2) is 18.7 Å². The molecule has 0 heterocycles. The highest BCUT2D eigenvalue weighted by atomic mass is 19.4. The molecule has 1 aliphatic rings. The summed E-state index contributed by atoms with van der Waals surface area (Å²) in [7, 11) is 0. The van der Waals surface area contributed by atoms with Crippen LogP contribution in [0, 0.1) is 0 Å². The van der Waals surface area contributed by atoms with Crippen LogP contribution in [0.15, 0.2) is 48.5 Å². The van der Waals surface area contributed by atoms with Gasteiger partial charge in [0.15, 0.2) is 0 Å². The van der Waals surface area contributed by atoms with Crippen LogP contribution < -0.4 is 11.5 Å². The topological polar surface area (TPSA) is 61.3 Å². The predicted molar refractivity (Wildman–Crippen MR) is 104 cm³/mol. The third-order valence-electron chi connectivity index (χ3n) is 5.86. The molecule has 2 aromatic carbocycles. The first-order valence-corrected chi connectivity index (χ1v) is 9.74. The first kappa shape index (κ1) is 23.6. The van der Waals surface area contributed by atoms with Gasteiger partial charge in [-0.3, -0.25) is 0 Å². The second-order valence-electron chi connectivity index (χ2n) is 8.36. The fourth-order valence-electron chi connectivity index (χ4n) is 4.22. The molecule has 1 atom stereocenters. The highest BCUT2D eigenvalue weighted by Gasteiger charge is 2.53. The summed E-state index contributed by atoms with van der Waals surface area (Å²) in [6.07, 6.45) is -9.80. The van der Waals surface area contributed by atoms with E-state index in [0.29, 0.717) is 25.0 Å². The van der Waals surface area contributed by atoms with Crippen molar-refractivity contribution in [1.29, 1.82) is 0 Å². The number of hydrogen-bond donors (Lipinski definition) is 2. The van der Waals surface area contributed by atoms with E-state index in [9.17, 15) is 26.3 Å². The molecule has 9 heteroatoms. The first-order chi connectivity index (χ1) is 14.3. The average molecular weight is 446 g/mol. The van der Waals surface area contributed by atoms with Gasteiger partial charge in [-0.05, 0) is 49.1 Å². The molecule has 1 aliphatic carbocycles. The molecule has 0 radical (unpaired) electrons. The maximum Gasteiger partial charge on any atom is 0.416 e. The molecule has 2 aromatic rings. The summed E-state index contributed by atoms with van der Waals surface area (Å²) in [6.45, 7) is 1.79. The van der Waals surface area contributed by atoms with Crippen LogP contribution >= 0.6 is 0 Å². The number of alkyl halides is 6. The third-order valence-corrected chi connectivity index (χ3v) is 5.86. The van der Waals surface area contributed by atoms with Gasteiger partial charge in [0.2, 0.25) is 0 Å². The van der Waals surface area contributed by atoms with Crippen molar-refractivity contribution in [2.45, 2.75) is 49.2 Å². The first-order valence-electron chi connectivity index (χ1n) is 9.74. The van der Waals surface area contributed by atoms with Gasteiger partial charge in [-0.1, -0.05) is 30.3 Å². The number of nitrogens with two attached hydrogens (primary N) is 2. The van der Waals surface area contributed by atoms with Crippen LogP contribution in [0.4, 0.5) is 26.3 Å². The van der Waals surface area contributed by atoms with Gasteiger partial charge in [0.1, 0.15) is 0 Å². The maximum absolute atomic E-state index is 13.2. The molecule has 4 N–H and O–H groups in total. The lowest BCUT2D eigenvalue weighted by Crippen LogP contribution is -2.65. The van der Waals surface area contributed by atoms with E-state index < -0.39 is 40.5 Å². The lowest BCUT2D eigenvalue weighted by molar-refractivity contribution is -0.143. The Morgan fingerprint density at radius 3 is 1.90 bits per heavy atom. The van der Waals surface area contributed by atoms with Crippen molar-refractivity contribution in [2.24, 2.45) is 11.5 Å². The van der Waals surface area contributed by atoms with Crippen LogP contribution in [0.3, 0.4) is 0 Å². The fourth-order valence-corrected chi connectivity index (χ4v) is 4.22. The minimum absolute atomic E-state index is 0.0920. The van der Waals surface area contributed by atoms with Crippen molar-refractivity contribution in [2.75, 3.05) is 13.2 Å². The minimum Gasteiger partial charge on any atom is -0.373 e. The third kappa shape index (κ3) is 5.05. The van der Waals surface area contributed by atoms with Crippen LogP contribution in [0.2, 0.25) is 0 Å². The van der Waals surface area contributed by atoms with E-state index in [1.54, 1.807) is 0 Å². The Hall–Kier alpha value is -2.10. The molecule has 31 heavy (non-hydrogen) atoms. The molecule has 170 valence electrons. The van der Waals surface area contributed by atoms with Gasteiger partial charge >= 0.3 is 12.4 Å². The number of ether oxygens (including phenoxy) is 1. The Morgan fingerprint density at radius 2 is 1.45 bits per heavy atom. The van der Waals surface area contributed by atoms with Gasteiger partial charge in [0.25, 0.3) is 0 Å². The normalized spacial score (nSPS) is 25.2. The van der Waals surface area contributed by atoms with Gasteiger partial charge in [0.05, 0.1) is 23.8 Å². The van der Waals surface area contributed by atoms with Crippen LogP contribution in [0.5, 0.6) is 0 Å². The van der Waals surface area contributed by atoms with E-state index in [1.807, 2.05) is 30.3 Å². The van der Waals surface area contributed by atoms with E-state index in [-0.39, 0.29) is 24.8 Å². The van der Waals surface area contributed by atoms with Crippen molar-refractivity contribution in [3.63, 3.8) is 0 Å². The average Bonchev–Trinajstić information content (AvgIpc) is 2.69. The second kappa shape index (κ2) is 8.11. The molecular weight excluding hydrogens is 422 g/mol. The van der Waals surface area contributed by atoms with E-state index in [2.05, 4.69) is 0 Å². The summed E-state index contributed by atoms with van der Waals surface area (Å²) in [5.74, 6) is 0. The monoisotopic (exact) mass is 446 g/mol. The van der Waals surface area contributed by atoms with Crippen molar-refractivity contribution in [1.82, 2.24) is 0 Å². The summed E-state index contributed by atoms with van der Waals surface area (Å²) in [4.78, 5) is 0. The van der Waals surface area contributed by atoms with Crippen molar-refractivity contribution < 1.29 is 31.1 Å². The zero-order chi connectivity index (χ0) is 23.1. The molecule has 1 fully saturated rings. The van der Waals surface area contributed by atoms with E-state index in [4.69, 9.17) is 16.2 Å². The van der Waals surface area contributed by atoms with Crippen LogP contribution in [0.25, 0.3) is 0 Å². The molecule has 1 unspecified atom stereocenters. The minimum atomic E-state index is -4.91. The molecule has 1 saturated carbocycles. The molecule has 0 aromatic heterocycles. The lowest BCUT2D eigenvalue weighted by atomic mass is 9.55. The quantitative estimate of drug-likeness (QED) is 0.601. The number of hydrogen-bond acceptors (Lipinski definition) is 3. The van der Waals surface area contributed by atoms with Gasteiger partial charge in [-0.25, -0.2) is 0 Å². The van der Waals surface area contributed by atoms with Crippen LogP contribution in [-0.2, 0) is 22.5 Å². The Morgan fingerprint density at radius 1 is 0.935 bits per heavy atom. The fraction of sp³-hybridized carbons (Fsp3) is 0.455. The second-order valence-corrected chi connectivity index (χ2v) is 8.36. The molecule has 0 aliphatic heterocycles. The Bertz CT molecular complexity index is 872. The Labute approximate surface area is 176 Å².